The zero-order chi connectivity index (χ0) is 13.8. The van der Waals surface area contributed by atoms with Crippen LogP contribution in [0.2, 0.25) is 0 Å². The summed E-state index contributed by atoms with van der Waals surface area (Å²) in [7, 11) is 0. The summed E-state index contributed by atoms with van der Waals surface area (Å²) < 4.78 is 0. The molecule has 18 heavy (non-hydrogen) atoms. The molecule has 0 aromatic rings. The van der Waals surface area contributed by atoms with Gasteiger partial charge in [-0.3, -0.25) is 9.59 Å². The van der Waals surface area contributed by atoms with Crippen LogP contribution in [0, 0.1) is 0 Å². The molecule has 0 unspecified atom stereocenters. The summed E-state index contributed by atoms with van der Waals surface area (Å²) in [6.45, 7) is 7.59. The predicted octanol–water partition coefficient (Wildman–Crippen LogP) is 0.797. The minimum Gasteiger partial charge on any atom is -0.355 e. The fourth-order valence-corrected chi connectivity index (χ4v) is 1.41. The molecule has 0 aliphatic heterocycles. The van der Waals surface area contributed by atoms with Crippen molar-refractivity contribution < 1.29 is 9.59 Å². The fraction of sp³-hybridized carbons (Fsp3) is 0.846. The molecule has 0 radical (unpaired) electrons. The zero-order valence-corrected chi connectivity index (χ0v) is 11.8. The van der Waals surface area contributed by atoms with Gasteiger partial charge in [-0.2, -0.15) is 0 Å². The van der Waals surface area contributed by atoms with E-state index in [1.807, 2.05) is 13.8 Å². The van der Waals surface area contributed by atoms with Gasteiger partial charge in [-0.1, -0.05) is 33.6 Å². The molecule has 0 bridgehead atoms. The highest BCUT2D eigenvalue weighted by Crippen LogP contribution is 1.90. The first-order valence-corrected chi connectivity index (χ1v) is 6.83. The first-order valence-electron chi connectivity index (χ1n) is 6.83. The Morgan fingerprint density at radius 3 is 2.33 bits per heavy atom. The number of carbonyl (C=O) groups excluding carboxylic acids is 2. The summed E-state index contributed by atoms with van der Waals surface area (Å²) in [5, 5.41) is 8.53. The monoisotopic (exact) mass is 257 g/mol. The highest BCUT2D eigenvalue weighted by molar-refractivity contribution is 5.84. The van der Waals surface area contributed by atoms with E-state index in [1.165, 1.54) is 0 Å². The normalized spacial score (nSPS) is 10.4. The van der Waals surface area contributed by atoms with Crippen molar-refractivity contribution in [3.8, 4) is 0 Å². The Balaban J connectivity index is 3.44. The van der Waals surface area contributed by atoms with E-state index in [0.717, 1.165) is 19.3 Å². The largest absolute Gasteiger partial charge is 0.355 e. The number of unbranched alkanes of at least 4 members (excludes halogenated alkanes) is 2. The molecule has 0 aliphatic carbocycles. The van der Waals surface area contributed by atoms with Crippen LogP contribution >= 0.6 is 0 Å². The van der Waals surface area contributed by atoms with Gasteiger partial charge in [-0.05, 0) is 6.42 Å². The molecule has 0 rings (SSSR count). The molecule has 0 saturated heterocycles. The number of rotatable bonds is 10. The molecule has 0 aliphatic rings. The first kappa shape index (κ1) is 16.9. The maximum Gasteiger partial charge on any atom is 0.239 e. The number of nitrogens with one attached hydrogen (secondary N) is 3. The van der Waals surface area contributed by atoms with Crippen molar-refractivity contribution in [2.45, 2.75) is 52.5 Å². The molecule has 2 amide bonds. The molecule has 0 aromatic carbocycles. The average Bonchev–Trinajstić information content (AvgIpc) is 2.31. The van der Waals surface area contributed by atoms with Crippen LogP contribution in [0.25, 0.3) is 0 Å². The zero-order valence-electron chi connectivity index (χ0n) is 11.8. The van der Waals surface area contributed by atoms with Crippen molar-refractivity contribution in [2.75, 3.05) is 19.6 Å². The lowest BCUT2D eigenvalue weighted by molar-refractivity contribution is -0.126. The standard InChI is InChI=1S/C13H27N3O2/c1-4-5-6-8-15-13(18)10-16-12(17)7-9-14-11(2)3/h11,14H,4-10H2,1-3H3,(H,15,18)(H,16,17). The Morgan fingerprint density at radius 1 is 1.00 bits per heavy atom. The van der Waals surface area contributed by atoms with Crippen LogP contribution in [-0.2, 0) is 9.59 Å². The third kappa shape index (κ3) is 11.4. The Kier molecular flexibility index (Phi) is 10.3. The van der Waals surface area contributed by atoms with Crippen LogP contribution in [0.15, 0.2) is 0 Å². The molecule has 0 aromatic heterocycles. The van der Waals surface area contributed by atoms with Gasteiger partial charge in [0.15, 0.2) is 0 Å². The number of carbonyl (C=O) groups is 2. The lowest BCUT2D eigenvalue weighted by Gasteiger charge is -2.09. The topological polar surface area (TPSA) is 70.2 Å². The Morgan fingerprint density at radius 2 is 1.72 bits per heavy atom. The molecule has 3 N–H and O–H groups in total. The lowest BCUT2D eigenvalue weighted by atomic mass is 10.2. The highest BCUT2D eigenvalue weighted by Gasteiger charge is 2.04. The maximum atomic E-state index is 11.4. The van der Waals surface area contributed by atoms with Crippen molar-refractivity contribution >= 4 is 11.8 Å². The fourth-order valence-electron chi connectivity index (χ4n) is 1.41. The molecule has 0 heterocycles. The third-order valence-electron chi connectivity index (χ3n) is 2.45. The molecule has 0 spiro atoms. The summed E-state index contributed by atoms with van der Waals surface area (Å²) in [6, 6.07) is 0.375. The Hall–Kier alpha value is -1.10. The van der Waals surface area contributed by atoms with Gasteiger partial charge in [0, 0.05) is 25.6 Å². The van der Waals surface area contributed by atoms with E-state index >= 15 is 0 Å². The van der Waals surface area contributed by atoms with E-state index in [4.69, 9.17) is 0 Å². The third-order valence-corrected chi connectivity index (χ3v) is 2.45. The van der Waals surface area contributed by atoms with Crippen LogP contribution < -0.4 is 16.0 Å². The van der Waals surface area contributed by atoms with Crippen molar-refractivity contribution in [3.05, 3.63) is 0 Å². The minimum absolute atomic E-state index is 0.0760. The van der Waals surface area contributed by atoms with Crippen molar-refractivity contribution in [3.63, 3.8) is 0 Å². The number of hydrogen-bond donors (Lipinski definition) is 3. The SMILES string of the molecule is CCCCCNC(=O)CNC(=O)CCNC(C)C. The van der Waals surface area contributed by atoms with E-state index in [0.29, 0.717) is 25.6 Å². The summed E-state index contributed by atoms with van der Waals surface area (Å²) in [6.07, 6.45) is 3.65. The van der Waals surface area contributed by atoms with E-state index in [1.54, 1.807) is 0 Å². The molecule has 5 nitrogen and oxygen atoms in total. The van der Waals surface area contributed by atoms with E-state index in [-0.39, 0.29) is 18.4 Å². The van der Waals surface area contributed by atoms with Crippen LogP contribution in [-0.4, -0.2) is 37.5 Å². The molecule has 5 heteroatoms. The van der Waals surface area contributed by atoms with Gasteiger partial charge in [-0.25, -0.2) is 0 Å². The van der Waals surface area contributed by atoms with Gasteiger partial charge in [0.05, 0.1) is 6.54 Å². The van der Waals surface area contributed by atoms with E-state index in [2.05, 4.69) is 22.9 Å². The molecular formula is C13H27N3O2. The van der Waals surface area contributed by atoms with Crippen LogP contribution in [0.3, 0.4) is 0 Å². The summed E-state index contributed by atoms with van der Waals surface area (Å²) in [4.78, 5) is 22.7. The van der Waals surface area contributed by atoms with Gasteiger partial charge in [0.2, 0.25) is 11.8 Å². The predicted molar refractivity (Wildman–Crippen MR) is 73.3 cm³/mol. The molecule has 0 fully saturated rings. The first-order chi connectivity index (χ1) is 8.56. The van der Waals surface area contributed by atoms with Crippen molar-refractivity contribution in [1.29, 1.82) is 0 Å². The van der Waals surface area contributed by atoms with Crippen LogP contribution in [0.1, 0.15) is 46.5 Å². The molecule has 106 valence electrons. The molecule has 0 saturated carbocycles. The van der Waals surface area contributed by atoms with E-state index < -0.39 is 0 Å². The lowest BCUT2D eigenvalue weighted by Crippen LogP contribution is -2.38. The number of hydrogen-bond acceptors (Lipinski definition) is 3. The highest BCUT2D eigenvalue weighted by atomic mass is 16.2. The second-order valence-electron chi connectivity index (χ2n) is 4.69. The Bertz CT molecular complexity index is 242. The van der Waals surface area contributed by atoms with Gasteiger partial charge in [0.1, 0.15) is 0 Å². The average molecular weight is 257 g/mol. The second kappa shape index (κ2) is 11.0. The molecular weight excluding hydrogens is 230 g/mol. The number of amides is 2. The Labute approximate surface area is 110 Å². The molecule has 0 atom stereocenters. The van der Waals surface area contributed by atoms with Crippen LogP contribution in [0.4, 0.5) is 0 Å². The maximum absolute atomic E-state index is 11.4. The second-order valence-corrected chi connectivity index (χ2v) is 4.69. The van der Waals surface area contributed by atoms with Gasteiger partial charge in [-0.15, -0.1) is 0 Å². The minimum atomic E-state index is -0.115. The van der Waals surface area contributed by atoms with Gasteiger partial charge >= 0.3 is 0 Å². The quantitative estimate of drug-likeness (QED) is 0.507. The van der Waals surface area contributed by atoms with E-state index in [9.17, 15) is 9.59 Å². The smallest absolute Gasteiger partial charge is 0.239 e. The summed E-state index contributed by atoms with van der Waals surface area (Å²) >= 11 is 0. The van der Waals surface area contributed by atoms with Gasteiger partial charge in [0.25, 0.3) is 0 Å². The van der Waals surface area contributed by atoms with Crippen molar-refractivity contribution in [1.82, 2.24) is 16.0 Å². The van der Waals surface area contributed by atoms with Gasteiger partial charge < -0.3 is 16.0 Å². The van der Waals surface area contributed by atoms with Crippen molar-refractivity contribution in [2.24, 2.45) is 0 Å². The van der Waals surface area contributed by atoms with Crippen LogP contribution in [0.5, 0.6) is 0 Å². The summed E-state index contributed by atoms with van der Waals surface area (Å²) in [5.41, 5.74) is 0. The summed E-state index contributed by atoms with van der Waals surface area (Å²) in [5.74, 6) is -0.205.